The molecule has 0 heterocycles. The highest BCUT2D eigenvalue weighted by molar-refractivity contribution is 5.99. The first-order valence-corrected chi connectivity index (χ1v) is 7.91. The van der Waals surface area contributed by atoms with Crippen LogP contribution in [0.3, 0.4) is 0 Å². The van der Waals surface area contributed by atoms with E-state index in [-0.39, 0.29) is 11.6 Å². The molecule has 0 saturated carbocycles. The van der Waals surface area contributed by atoms with E-state index >= 15 is 0 Å². The number of hydrogen-bond acceptors (Lipinski definition) is 4. The Bertz CT molecular complexity index is 843. The number of rotatable bonds is 6. The second kappa shape index (κ2) is 8.71. The number of amides is 1. The molecule has 5 nitrogen and oxygen atoms in total. The second-order valence-electron chi connectivity index (χ2n) is 5.59. The molecule has 1 atom stereocenters. The number of carbonyl (C=O) groups is 3. The Morgan fingerprint density at radius 1 is 1.12 bits per heavy atom. The minimum atomic E-state index is -1.03. The van der Waals surface area contributed by atoms with Gasteiger partial charge < -0.3 is 10.1 Å². The average molecular weight is 355 g/mol. The Balaban J connectivity index is 1.91. The quantitative estimate of drug-likeness (QED) is 0.488. The molecule has 0 fully saturated rings. The minimum Gasteiger partial charge on any atom is -0.449 e. The molecule has 1 N–H and O–H groups in total. The number of ether oxygens (including phenoxy) is 1. The molecule has 0 aromatic heterocycles. The molecule has 2 rings (SSSR count). The normalized spacial score (nSPS) is 11.8. The van der Waals surface area contributed by atoms with Crippen LogP contribution in [0.4, 0.5) is 10.1 Å². The van der Waals surface area contributed by atoms with Crippen LogP contribution in [0.25, 0.3) is 6.08 Å². The lowest BCUT2D eigenvalue weighted by atomic mass is 10.1. The number of carbonyl (C=O) groups excluding carboxylic acids is 3. The smallest absolute Gasteiger partial charge is 0.331 e. The standard InChI is InChI=1S/C20H18FNO4/c1-13(23)16-4-3-5-18(12-16)22-20(25)14(2)26-19(24)11-8-15-6-9-17(21)10-7-15/h3-12,14H,1-2H3,(H,22,25)/b11-8+/t14-/m1/s1. The molecule has 0 aliphatic carbocycles. The van der Waals surface area contributed by atoms with Gasteiger partial charge in [-0.05, 0) is 49.8 Å². The monoisotopic (exact) mass is 355 g/mol. The molecule has 0 unspecified atom stereocenters. The second-order valence-corrected chi connectivity index (χ2v) is 5.59. The van der Waals surface area contributed by atoms with Crippen molar-refractivity contribution in [2.75, 3.05) is 5.32 Å². The summed E-state index contributed by atoms with van der Waals surface area (Å²) in [5.41, 5.74) is 1.53. The molecule has 134 valence electrons. The number of halogens is 1. The van der Waals surface area contributed by atoms with Gasteiger partial charge in [0.05, 0.1) is 0 Å². The van der Waals surface area contributed by atoms with Crippen molar-refractivity contribution in [1.29, 1.82) is 0 Å². The largest absolute Gasteiger partial charge is 0.449 e. The highest BCUT2D eigenvalue weighted by atomic mass is 19.1. The summed E-state index contributed by atoms with van der Waals surface area (Å²) in [5.74, 6) is -1.71. The van der Waals surface area contributed by atoms with Gasteiger partial charge in [0, 0.05) is 17.3 Å². The van der Waals surface area contributed by atoms with Crippen LogP contribution in [-0.2, 0) is 14.3 Å². The van der Waals surface area contributed by atoms with Crippen LogP contribution in [0, 0.1) is 5.82 Å². The molecule has 0 radical (unpaired) electrons. The van der Waals surface area contributed by atoms with Crippen molar-refractivity contribution in [2.24, 2.45) is 0 Å². The fraction of sp³-hybridized carbons (Fsp3) is 0.150. The van der Waals surface area contributed by atoms with E-state index in [0.717, 1.165) is 6.08 Å². The lowest BCUT2D eigenvalue weighted by molar-refractivity contribution is -0.148. The molecule has 1 amide bonds. The maximum atomic E-state index is 12.8. The average Bonchev–Trinajstić information content (AvgIpc) is 2.61. The van der Waals surface area contributed by atoms with Gasteiger partial charge in [0.2, 0.25) is 0 Å². The third kappa shape index (κ3) is 5.66. The Labute approximate surface area is 150 Å². The molecule has 6 heteroatoms. The van der Waals surface area contributed by atoms with Crippen LogP contribution >= 0.6 is 0 Å². The van der Waals surface area contributed by atoms with Crippen molar-refractivity contribution in [3.63, 3.8) is 0 Å². The van der Waals surface area contributed by atoms with E-state index in [1.54, 1.807) is 24.3 Å². The van der Waals surface area contributed by atoms with Crippen molar-refractivity contribution in [3.8, 4) is 0 Å². The number of hydrogen-bond donors (Lipinski definition) is 1. The molecule has 0 aliphatic heterocycles. The molecule has 0 saturated heterocycles. The van der Waals surface area contributed by atoms with E-state index in [1.165, 1.54) is 44.2 Å². The van der Waals surface area contributed by atoms with Crippen LogP contribution < -0.4 is 5.32 Å². The maximum absolute atomic E-state index is 12.8. The summed E-state index contributed by atoms with van der Waals surface area (Å²) >= 11 is 0. The number of esters is 1. The molecule has 0 aliphatic rings. The Morgan fingerprint density at radius 2 is 1.81 bits per heavy atom. The molecular weight excluding hydrogens is 337 g/mol. The summed E-state index contributed by atoms with van der Waals surface area (Å²) in [5, 5.41) is 2.59. The Morgan fingerprint density at radius 3 is 2.46 bits per heavy atom. The van der Waals surface area contributed by atoms with Gasteiger partial charge in [-0.3, -0.25) is 9.59 Å². The first-order valence-electron chi connectivity index (χ1n) is 7.91. The lowest BCUT2D eigenvalue weighted by Crippen LogP contribution is -2.29. The summed E-state index contributed by atoms with van der Waals surface area (Å²) in [4.78, 5) is 35.2. The molecule has 26 heavy (non-hydrogen) atoms. The van der Waals surface area contributed by atoms with Crippen molar-refractivity contribution in [2.45, 2.75) is 20.0 Å². The lowest BCUT2D eigenvalue weighted by Gasteiger charge is -2.12. The SMILES string of the molecule is CC(=O)c1cccc(NC(=O)[C@@H](C)OC(=O)/C=C/c2ccc(F)cc2)c1. The van der Waals surface area contributed by atoms with E-state index in [2.05, 4.69) is 5.32 Å². The predicted molar refractivity (Wildman–Crippen MR) is 96.1 cm³/mol. The zero-order valence-electron chi connectivity index (χ0n) is 14.4. The predicted octanol–water partition coefficient (Wildman–Crippen LogP) is 3.61. The van der Waals surface area contributed by atoms with Crippen molar-refractivity contribution in [3.05, 3.63) is 71.6 Å². The summed E-state index contributed by atoms with van der Waals surface area (Å²) < 4.78 is 17.8. The third-order valence-corrected chi connectivity index (χ3v) is 3.48. The number of anilines is 1. The zero-order valence-corrected chi connectivity index (χ0v) is 14.4. The van der Waals surface area contributed by atoms with E-state index in [9.17, 15) is 18.8 Å². The number of Topliss-reactive ketones (excluding diaryl/α,β-unsaturated/α-hetero) is 1. The van der Waals surface area contributed by atoms with Crippen LogP contribution in [0.2, 0.25) is 0 Å². The fourth-order valence-electron chi connectivity index (χ4n) is 2.07. The zero-order chi connectivity index (χ0) is 19.1. The van der Waals surface area contributed by atoms with Gasteiger partial charge in [-0.1, -0.05) is 24.3 Å². The van der Waals surface area contributed by atoms with Crippen LogP contribution in [0.5, 0.6) is 0 Å². The minimum absolute atomic E-state index is 0.119. The third-order valence-electron chi connectivity index (χ3n) is 3.48. The van der Waals surface area contributed by atoms with Gasteiger partial charge in [-0.2, -0.15) is 0 Å². The van der Waals surface area contributed by atoms with Crippen LogP contribution in [-0.4, -0.2) is 23.8 Å². The van der Waals surface area contributed by atoms with E-state index < -0.39 is 18.0 Å². The number of nitrogens with one attached hydrogen (secondary N) is 1. The van der Waals surface area contributed by atoms with Gasteiger partial charge in [0.15, 0.2) is 11.9 Å². The first-order chi connectivity index (χ1) is 12.3. The summed E-state index contributed by atoms with van der Waals surface area (Å²) in [6, 6.07) is 12.0. The Kier molecular flexibility index (Phi) is 6.38. The molecule has 0 bridgehead atoms. The van der Waals surface area contributed by atoms with Crippen molar-refractivity contribution >= 4 is 29.4 Å². The highest BCUT2D eigenvalue weighted by Crippen LogP contribution is 2.12. The van der Waals surface area contributed by atoms with Gasteiger partial charge in [-0.25, -0.2) is 9.18 Å². The van der Waals surface area contributed by atoms with E-state index in [4.69, 9.17) is 4.74 Å². The number of benzene rings is 2. The molecular formula is C20H18FNO4. The van der Waals surface area contributed by atoms with E-state index in [1.807, 2.05) is 0 Å². The first kappa shape index (κ1) is 19.1. The van der Waals surface area contributed by atoms with Gasteiger partial charge in [0.25, 0.3) is 5.91 Å². The van der Waals surface area contributed by atoms with Crippen molar-refractivity contribution < 1.29 is 23.5 Å². The van der Waals surface area contributed by atoms with Gasteiger partial charge >= 0.3 is 5.97 Å². The molecule has 2 aromatic carbocycles. The van der Waals surface area contributed by atoms with Crippen molar-refractivity contribution in [1.82, 2.24) is 0 Å². The summed E-state index contributed by atoms with van der Waals surface area (Å²) in [6.07, 6.45) is 1.59. The topological polar surface area (TPSA) is 72.5 Å². The summed E-state index contributed by atoms with van der Waals surface area (Å²) in [6.45, 7) is 2.87. The van der Waals surface area contributed by atoms with Crippen LogP contribution in [0.1, 0.15) is 29.8 Å². The van der Waals surface area contributed by atoms with E-state index in [0.29, 0.717) is 16.8 Å². The molecule has 0 spiro atoms. The fourth-order valence-corrected chi connectivity index (χ4v) is 2.07. The summed E-state index contributed by atoms with van der Waals surface area (Å²) in [7, 11) is 0. The van der Waals surface area contributed by atoms with Gasteiger partial charge in [0.1, 0.15) is 5.82 Å². The molecule has 2 aromatic rings. The maximum Gasteiger partial charge on any atom is 0.331 e. The number of ketones is 1. The highest BCUT2D eigenvalue weighted by Gasteiger charge is 2.17. The Hall–Kier alpha value is -3.28. The van der Waals surface area contributed by atoms with Gasteiger partial charge in [-0.15, -0.1) is 0 Å². The van der Waals surface area contributed by atoms with Crippen LogP contribution in [0.15, 0.2) is 54.6 Å².